The minimum absolute atomic E-state index is 0.120. The van der Waals surface area contributed by atoms with E-state index in [-0.39, 0.29) is 11.6 Å². The van der Waals surface area contributed by atoms with Crippen molar-refractivity contribution in [1.29, 1.82) is 0 Å². The Morgan fingerprint density at radius 3 is 2.53 bits per heavy atom. The predicted octanol–water partition coefficient (Wildman–Crippen LogP) is 2.38. The zero-order valence-corrected chi connectivity index (χ0v) is 10.8. The Balaban J connectivity index is 2.67. The van der Waals surface area contributed by atoms with Gasteiger partial charge in [0.05, 0.1) is 0 Å². The molecule has 19 heavy (non-hydrogen) atoms. The second kappa shape index (κ2) is 7.13. The van der Waals surface area contributed by atoms with E-state index in [1.165, 1.54) is 13.1 Å². The fraction of sp³-hybridized carbons (Fsp3) is 0.636. The zero-order valence-electron chi connectivity index (χ0n) is 10.8. The van der Waals surface area contributed by atoms with Crippen molar-refractivity contribution < 1.29 is 17.9 Å². The van der Waals surface area contributed by atoms with Crippen molar-refractivity contribution in [3.05, 3.63) is 11.9 Å². The average Bonchev–Trinajstić information content (AvgIpc) is 2.37. The fourth-order valence-electron chi connectivity index (χ4n) is 1.33. The summed E-state index contributed by atoms with van der Waals surface area (Å²) in [6.07, 6.45) is -3.87. The highest BCUT2D eigenvalue weighted by Crippen LogP contribution is 2.28. The first-order valence-electron chi connectivity index (χ1n) is 5.93. The summed E-state index contributed by atoms with van der Waals surface area (Å²) in [5.74, 6) is -0.899. The van der Waals surface area contributed by atoms with Crippen LogP contribution in [0.1, 0.15) is 19.2 Å². The highest BCUT2D eigenvalue weighted by molar-refractivity contribution is 5.47. The third kappa shape index (κ3) is 5.29. The van der Waals surface area contributed by atoms with E-state index in [2.05, 4.69) is 20.6 Å². The van der Waals surface area contributed by atoms with Crippen molar-refractivity contribution in [3.63, 3.8) is 0 Å². The molecule has 0 saturated heterocycles. The Hall–Kier alpha value is -1.57. The van der Waals surface area contributed by atoms with Crippen LogP contribution in [0.25, 0.3) is 0 Å². The maximum Gasteiger partial charge on any atom is 0.451 e. The van der Waals surface area contributed by atoms with Crippen LogP contribution in [-0.2, 0) is 10.9 Å². The molecule has 1 aromatic heterocycles. The maximum atomic E-state index is 12.6. The van der Waals surface area contributed by atoms with Gasteiger partial charge in [0.15, 0.2) is 0 Å². The van der Waals surface area contributed by atoms with E-state index < -0.39 is 12.0 Å². The molecular formula is C11H17F3N4O. The summed E-state index contributed by atoms with van der Waals surface area (Å²) in [7, 11) is 1.50. The Morgan fingerprint density at radius 2 is 1.95 bits per heavy atom. The molecule has 0 spiro atoms. The molecule has 108 valence electrons. The van der Waals surface area contributed by atoms with E-state index in [0.717, 1.165) is 0 Å². The van der Waals surface area contributed by atoms with E-state index in [9.17, 15) is 13.2 Å². The fourth-order valence-corrected chi connectivity index (χ4v) is 1.33. The third-order valence-electron chi connectivity index (χ3n) is 2.21. The van der Waals surface area contributed by atoms with E-state index >= 15 is 0 Å². The molecule has 0 aliphatic rings. The largest absolute Gasteiger partial charge is 0.451 e. The topological polar surface area (TPSA) is 59.1 Å². The minimum Gasteiger partial charge on any atom is -0.382 e. The molecule has 0 aliphatic carbocycles. The van der Waals surface area contributed by atoms with Crippen LogP contribution in [0.3, 0.4) is 0 Å². The summed E-state index contributed by atoms with van der Waals surface area (Å²) in [4.78, 5) is 6.81. The average molecular weight is 278 g/mol. The molecule has 2 N–H and O–H groups in total. The van der Waals surface area contributed by atoms with Gasteiger partial charge < -0.3 is 15.4 Å². The minimum atomic E-state index is -4.56. The summed E-state index contributed by atoms with van der Waals surface area (Å²) in [6.45, 7) is 3.54. The molecule has 1 aromatic rings. The maximum absolute atomic E-state index is 12.6. The molecule has 0 fully saturated rings. The Labute approximate surface area is 109 Å². The van der Waals surface area contributed by atoms with Crippen LogP contribution >= 0.6 is 0 Å². The molecule has 0 aliphatic heterocycles. The van der Waals surface area contributed by atoms with E-state index in [4.69, 9.17) is 4.74 Å². The van der Waals surface area contributed by atoms with E-state index in [0.29, 0.717) is 26.2 Å². The number of hydrogen-bond donors (Lipinski definition) is 2. The quantitative estimate of drug-likeness (QED) is 0.750. The van der Waals surface area contributed by atoms with Gasteiger partial charge in [-0.05, 0) is 13.3 Å². The van der Waals surface area contributed by atoms with Crippen molar-refractivity contribution >= 4 is 11.6 Å². The Morgan fingerprint density at radius 1 is 1.26 bits per heavy atom. The van der Waals surface area contributed by atoms with Crippen LogP contribution in [0.5, 0.6) is 0 Å². The Kier molecular flexibility index (Phi) is 5.81. The first-order chi connectivity index (χ1) is 8.97. The van der Waals surface area contributed by atoms with Gasteiger partial charge in [-0.15, -0.1) is 0 Å². The van der Waals surface area contributed by atoms with Gasteiger partial charge >= 0.3 is 6.18 Å². The lowest BCUT2D eigenvalue weighted by atomic mass is 10.4. The van der Waals surface area contributed by atoms with Gasteiger partial charge in [0, 0.05) is 32.9 Å². The smallest absolute Gasteiger partial charge is 0.382 e. The van der Waals surface area contributed by atoms with Gasteiger partial charge in [-0.25, -0.2) is 9.97 Å². The van der Waals surface area contributed by atoms with Gasteiger partial charge in [-0.2, -0.15) is 13.2 Å². The van der Waals surface area contributed by atoms with Crippen LogP contribution < -0.4 is 10.6 Å². The van der Waals surface area contributed by atoms with E-state index in [1.807, 2.05) is 6.92 Å². The molecular weight excluding hydrogens is 261 g/mol. The van der Waals surface area contributed by atoms with Crippen molar-refractivity contribution in [2.24, 2.45) is 0 Å². The molecule has 0 aromatic carbocycles. The lowest BCUT2D eigenvalue weighted by molar-refractivity contribution is -0.144. The number of ether oxygens (including phenoxy) is 1. The van der Waals surface area contributed by atoms with Crippen LogP contribution in [-0.4, -0.2) is 36.8 Å². The van der Waals surface area contributed by atoms with Crippen LogP contribution in [0, 0.1) is 0 Å². The van der Waals surface area contributed by atoms with Crippen LogP contribution in [0.4, 0.5) is 24.8 Å². The van der Waals surface area contributed by atoms with Crippen molar-refractivity contribution in [2.45, 2.75) is 19.5 Å². The molecule has 0 bridgehead atoms. The van der Waals surface area contributed by atoms with Crippen molar-refractivity contribution in [1.82, 2.24) is 9.97 Å². The predicted molar refractivity (Wildman–Crippen MR) is 66.2 cm³/mol. The summed E-state index contributed by atoms with van der Waals surface area (Å²) >= 11 is 0. The van der Waals surface area contributed by atoms with Crippen LogP contribution in [0.2, 0.25) is 0 Å². The summed E-state index contributed by atoms with van der Waals surface area (Å²) < 4.78 is 42.8. The van der Waals surface area contributed by atoms with Gasteiger partial charge in [-0.3, -0.25) is 0 Å². The van der Waals surface area contributed by atoms with Crippen LogP contribution in [0.15, 0.2) is 6.07 Å². The van der Waals surface area contributed by atoms with Gasteiger partial charge in [0.2, 0.25) is 5.82 Å². The normalized spacial score (nSPS) is 11.4. The summed E-state index contributed by atoms with van der Waals surface area (Å²) in [5, 5.41) is 5.39. The molecule has 0 unspecified atom stereocenters. The molecule has 0 amide bonds. The lowest BCUT2D eigenvalue weighted by Crippen LogP contribution is -2.15. The molecule has 1 rings (SSSR count). The number of halogens is 3. The molecule has 8 heteroatoms. The third-order valence-corrected chi connectivity index (χ3v) is 2.21. The second-order valence-corrected chi connectivity index (χ2v) is 3.69. The molecule has 0 atom stereocenters. The number of rotatable bonds is 7. The van der Waals surface area contributed by atoms with E-state index in [1.54, 1.807) is 0 Å². The monoisotopic (exact) mass is 278 g/mol. The lowest BCUT2D eigenvalue weighted by Gasteiger charge is -2.11. The number of anilines is 2. The number of nitrogens with one attached hydrogen (secondary N) is 2. The first-order valence-corrected chi connectivity index (χ1v) is 5.93. The number of nitrogens with zero attached hydrogens (tertiary/aromatic N) is 2. The van der Waals surface area contributed by atoms with Gasteiger partial charge in [-0.1, -0.05) is 0 Å². The van der Waals surface area contributed by atoms with Gasteiger partial charge in [0.1, 0.15) is 11.6 Å². The summed E-state index contributed by atoms with van der Waals surface area (Å²) in [6, 6.07) is 1.43. The molecule has 0 radical (unpaired) electrons. The molecule has 5 nitrogen and oxygen atoms in total. The molecule has 0 saturated carbocycles. The highest BCUT2D eigenvalue weighted by Gasteiger charge is 2.35. The SMILES string of the molecule is CCOCCCNc1cc(NC)nc(C(F)(F)F)n1. The zero-order chi connectivity index (χ0) is 14.3. The first kappa shape index (κ1) is 15.5. The second-order valence-electron chi connectivity index (χ2n) is 3.69. The van der Waals surface area contributed by atoms with Crippen molar-refractivity contribution in [2.75, 3.05) is 37.4 Å². The summed E-state index contributed by atoms with van der Waals surface area (Å²) in [5.41, 5.74) is 0. The van der Waals surface area contributed by atoms with Gasteiger partial charge in [0.25, 0.3) is 0 Å². The Bertz CT molecular complexity index is 398. The number of aromatic nitrogens is 2. The number of hydrogen-bond acceptors (Lipinski definition) is 5. The van der Waals surface area contributed by atoms with Crippen molar-refractivity contribution in [3.8, 4) is 0 Å². The molecule has 1 heterocycles. The highest BCUT2D eigenvalue weighted by atomic mass is 19.4. The standard InChI is InChI=1S/C11H17F3N4O/c1-3-19-6-4-5-16-9-7-8(15-2)17-10(18-9)11(12,13)14/h7H,3-6H2,1-2H3,(H2,15,16,17,18). The number of alkyl halides is 3.